The molecule has 3 N–H and O–H groups in total. The molecule has 0 aromatic carbocycles. The van der Waals surface area contributed by atoms with Crippen LogP contribution < -0.4 is 16.0 Å². The first-order valence-electron chi connectivity index (χ1n) is 8.90. The number of rotatable bonds is 10. The molecule has 7 heteroatoms. The molecule has 0 spiro atoms. The fourth-order valence-electron chi connectivity index (χ4n) is 2.26. The van der Waals surface area contributed by atoms with Gasteiger partial charge in [0.05, 0.1) is 12.1 Å². The van der Waals surface area contributed by atoms with Gasteiger partial charge in [0.25, 0.3) is 5.91 Å². The van der Waals surface area contributed by atoms with Crippen molar-refractivity contribution in [2.24, 2.45) is 4.99 Å². The second kappa shape index (κ2) is 14.9. The molecule has 6 nitrogen and oxygen atoms in total. The van der Waals surface area contributed by atoms with Gasteiger partial charge >= 0.3 is 0 Å². The molecule has 142 valence electrons. The number of guanidine groups is 1. The SMILES string of the molecule is CCCCCC(C)NC(=NCCNC(=O)c1cccnc1)NCC.I. The van der Waals surface area contributed by atoms with E-state index in [1.807, 2.05) is 6.92 Å². The molecule has 0 aliphatic heterocycles. The van der Waals surface area contributed by atoms with Crippen LogP contribution in [-0.4, -0.2) is 42.5 Å². The van der Waals surface area contributed by atoms with E-state index in [4.69, 9.17) is 0 Å². The lowest BCUT2D eigenvalue weighted by molar-refractivity contribution is 0.0954. The molecule has 1 heterocycles. The van der Waals surface area contributed by atoms with Crippen molar-refractivity contribution in [3.05, 3.63) is 30.1 Å². The van der Waals surface area contributed by atoms with E-state index in [1.165, 1.54) is 19.3 Å². The highest BCUT2D eigenvalue weighted by molar-refractivity contribution is 14.0. The van der Waals surface area contributed by atoms with Gasteiger partial charge in [0.1, 0.15) is 0 Å². The van der Waals surface area contributed by atoms with Gasteiger partial charge in [-0.05, 0) is 32.4 Å². The molecule has 0 saturated carbocycles. The third-order valence-electron chi connectivity index (χ3n) is 3.56. The Labute approximate surface area is 168 Å². The van der Waals surface area contributed by atoms with Crippen molar-refractivity contribution in [2.45, 2.75) is 52.5 Å². The molecule has 1 rings (SSSR count). The first kappa shape index (κ1) is 23.6. The lowest BCUT2D eigenvalue weighted by Gasteiger charge is -2.17. The molecule has 1 aromatic rings. The lowest BCUT2D eigenvalue weighted by Crippen LogP contribution is -2.42. The third kappa shape index (κ3) is 11.0. The molecule has 25 heavy (non-hydrogen) atoms. The number of carbonyl (C=O) groups excluding carboxylic acids is 1. The summed E-state index contributed by atoms with van der Waals surface area (Å²) in [6.45, 7) is 8.27. The average Bonchev–Trinajstić information content (AvgIpc) is 2.59. The van der Waals surface area contributed by atoms with Crippen LogP contribution in [0, 0.1) is 0 Å². The first-order valence-corrected chi connectivity index (χ1v) is 8.90. The Morgan fingerprint density at radius 3 is 2.72 bits per heavy atom. The number of unbranched alkanes of at least 4 members (excludes halogenated alkanes) is 2. The Bertz CT molecular complexity index is 495. The average molecular weight is 461 g/mol. The normalized spacial score (nSPS) is 12.0. The van der Waals surface area contributed by atoms with Crippen LogP contribution in [0.15, 0.2) is 29.5 Å². The number of halogens is 1. The summed E-state index contributed by atoms with van der Waals surface area (Å²) in [5.74, 6) is 0.682. The minimum Gasteiger partial charge on any atom is -0.357 e. The zero-order valence-electron chi connectivity index (χ0n) is 15.5. The van der Waals surface area contributed by atoms with Gasteiger partial charge < -0.3 is 16.0 Å². The van der Waals surface area contributed by atoms with Gasteiger partial charge in [0.2, 0.25) is 0 Å². The second-order valence-corrected chi connectivity index (χ2v) is 5.80. The largest absolute Gasteiger partial charge is 0.357 e. The van der Waals surface area contributed by atoms with Gasteiger partial charge in [0.15, 0.2) is 5.96 Å². The summed E-state index contributed by atoms with van der Waals surface area (Å²) >= 11 is 0. The molecule has 1 aromatic heterocycles. The molecule has 0 radical (unpaired) electrons. The predicted molar refractivity (Wildman–Crippen MR) is 115 cm³/mol. The fourth-order valence-corrected chi connectivity index (χ4v) is 2.26. The van der Waals surface area contributed by atoms with Crippen molar-refractivity contribution >= 4 is 35.8 Å². The minimum atomic E-state index is -0.121. The fraction of sp³-hybridized carbons (Fsp3) is 0.611. The Hall–Kier alpha value is -1.38. The van der Waals surface area contributed by atoms with Crippen molar-refractivity contribution in [3.63, 3.8) is 0 Å². The number of nitrogens with zero attached hydrogens (tertiary/aromatic N) is 2. The number of pyridine rings is 1. The van der Waals surface area contributed by atoms with E-state index in [0.717, 1.165) is 18.9 Å². The zero-order valence-corrected chi connectivity index (χ0v) is 17.9. The van der Waals surface area contributed by atoms with Crippen LogP contribution in [0.2, 0.25) is 0 Å². The number of amides is 1. The van der Waals surface area contributed by atoms with E-state index in [1.54, 1.807) is 24.5 Å². The molecule has 1 amide bonds. The van der Waals surface area contributed by atoms with E-state index in [2.05, 4.69) is 39.8 Å². The van der Waals surface area contributed by atoms with E-state index in [-0.39, 0.29) is 29.9 Å². The summed E-state index contributed by atoms with van der Waals surface area (Å²) in [6, 6.07) is 3.88. The van der Waals surface area contributed by atoms with Crippen LogP contribution in [0.25, 0.3) is 0 Å². The van der Waals surface area contributed by atoms with Crippen LogP contribution in [-0.2, 0) is 0 Å². The minimum absolute atomic E-state index is 0. The molecule has 1 atom stereocenters. The van der Waals surface area contributed by atoms with Crippen LogP contribution in [0.3, 0.4) is 0 Å². The monoisotopic (exact) mass is 461 g/mol. The molecule has 0 fully saturated rings. The predicted octanol–water partition coefficient (Wildman–Crippen LogP) is 2.95. The number of hydrogen-bond acceptors (Lipinski definition) is 3. The van der Waals surface area contributed by atoms with Crippen LogP contribution in [0.5, 0.6) is 0 Å². The summed E-state index contributed by atoms with van der Waals surface area (Å²) in [5, 5.41) is 9.50. The van der Waals surface area contributed by atoms with E-state index >= 15 is 0 Å². The topological polar surface area (TPSA) is 78.4 Å². The summed E-state index contributed by atoms with van der Waals surface area (Å²) < 4.78 is 0. The van der Waals surface area contributed by atoms with E-state index < -0.39 is 0 Å². The van der Waals surface area contributed by atoms with Gasteiger partial charge in [-0.15, -0.1) is 24.0 Å². The molecule has 0 aliphatic rings. The summed E-state index contributed by atoms with van der Waals surface area (Å²) in [7, 11) is 0. The van der Waals surface area contributed by atoms with E-state index in [9.17, 15) is 4.79 Å². The maximum Gasteiger partial charge on any atom is 0.252 e. The van der Waals surface area contributed by atoms with Crippen LogP contribution in [0.4, 0.5) is 0 Å². The van der Waals surface area contributed by atoms with Crippen molar-refractivity contribution in [3.8, 4) is 0 Å². The van der Waals surface area contributed by atoms with Gasteiger partial charge in [-0.1, -0.05) is 26.2 Å². The Morgan fingerprint density at radius 2 is 2.08 bits per heavy atom. The maximum atomic E-state index is 11.9. The second-order valence-electron chi connectivity index (χ2n) is 5.80. The molecule has 0 aliphatic carbocycles. The molecular weight excluding hydrogens is 429 g/mol. The third-order valence-corrected chi connectivity index (χ3v) is 3.56. The smallest absolute Gasteiger partial charge is 0.252 e. The number of carbonyl (C=O) groups is 1. The summed E-state index contributed by atoms with van der Waals surface area (Å²) in [6.07, 6.45) is 8.07. The van der Waals surface area contributed by atoms with Gasteiger partial charge in [-0.3, -0.25) is 14.8 Å². The van der Waals surface area contributed by atoms with Gasteiger partial charge in [0, 0.05) is 31.5 Å². The van der Waals surface area contributed by atoms with Crippen molar-refractivity contribution < 1.29 is 4.79 Å². The highest BCUT2D eigenvalue weighted by Crippen LogP contribution is 2.02. The van der Waals surface area contributed by atoms with Crippen molar-refractivity contribution in [1.29, 1.82) is 0 Å². The zero-order chi connectivity index (χ0) is 17.6. The number of hydrogen-bond donors (Lipinski definition) is 3. The maximum absolute atomic E-state index is 11.9. The standard InChI is InChI=1S/C18H31N5O.HI/c1-4-6-7-9-15(3)23-18(20-5-2)22-13-12-21-17(24)16-10-8-11-19-14-16;/h8,10-11,14-15H,4-7,9,12-13H2,1-3H3,(H,21,24)(H2,20,22,23);1H. The van der Waals surface area contributed by atoms with Crippen molar-refractivity contribution in [2.75, 3.05) is 19.6 Å². The molecule has 0 bridgehead atoms. The molecule has 1 unspecified atom stereocenters. The van der Waals surface area contributed by atoms with Crippen LogP contribution in [0.1, 0.15) is 56.8 Å². The summed E-state index contributed by atoms with van der Waals surface area (Å²) in [4.78, 5) is 20.4. The highest BCUT2D eigenvalue weighted by Gasteiger charge is 2.06. The van der Waals surface area contributed by atoms with Gasteiger partial charge in [-0.25, -0.2) is 0 Å². The van der Waals surface area contributed by atoms with Crippen molar-refractivity contribution in [1.82, 2.24) is 20.9 Å². The Kier molecular flexibility index (Phi) is 14.1. The summed E-state index contributed by atoms with van der Waals surface area (Å²) in [5.41, 5.74) is 0.566. The first-order chi connectivity index (χ1) is 11.7. The van der Waals surface area contributed by atoms with Gasteiger partial charge in [-0.2, -0.15) is 0 Å². The lowest BCUT2D eigenvalue weighted by atomic mass is 10.1. The Balaban J connectivity index is 0.00000576. The molecule has 0 saturated heterocycles. The molecular formula is C18H32IN5O. The highest BCUT2D eigenvalue weighted by atomic mass is 127. The number of aromatic nitrogens is 1. The number of aliphatic imine (C=N–C) groups is 1. The van der Waals surface area contributed by atoms with E-state index in [0.29, 0.717) is 24.7 Å². The quantitative estimate of drug-likeness (QED) is 0.217. The number of nitrogens with one attached hydrogen (secondary N) is 3. The Morgan fingerprint density at radius 1 is 1.28 bits per heavy atom. The van der Waals surface area contributed by atoms with Crippen LogP contribution >= 0.6 is 24.0 Å².